The van der Waals surface area contributed by atoms with Gasteiger partial charge in [-0.1, -0.05) is 0 Å². The lowest BCUT2D eigenvalue weighted by Gasteiger charge is -2.11. The largest absolute Gasteiger partial charge is 0.214 e. The minimum Gasteiger partial charge on any atom is -0.214 e. The molecular formula is C8H20N2O4S2. The molecule has 0 rings (SSSR count). The predicted molar refractivity (Wildman–Crippen MR) is 64.1 cm³/mol. The summed E-state index contributed by atoms with van der Waals surface area (Å²) < 4.78 is 49.8. The third-order valence-electron chi connectivity index (χ3n) is 1.97. The molecule has 0 aromatic rings. The molecule has 16 heavy (non-hydrogen) atoms. The number of nitrogens with one attached hydrogen (secondary N) is 2. The molecule has 0 saturated carbocycles. The molecule has 0 aromatic heterocycles. The van der Waals surface area contributed by atoms with E-state index in [0.717, 1.165) is 0 Å². The molecule has 0 aliphatic rings. The number of rotatable bonds is 7. The maximum absolute atomic E-state index is 11.3. The van der Waals surface area contributed by atoms with Crippen LogP contribution in [0.15, 0.2) is 0 Å². The van der Waals surface area contributed by atoms with Crippen molar-refractivity contribution in [1.82, 2.24) is 9.44 Å². The first-order chi connectivity index (χ1) is 7.09. The molecule has 8 heteroatoms. The van der Waals surface area contributed by atoms with Gasteiger partial charge < -0.3 is 0 Å². The molecule has 98 valence electrons. The molecule has 0 amide bonds. The van der Waals surface area contributed by atoms with Crippen molar-refractivity contribution in [3.8, 4) is 0 Å². The molecule has 0 radical (unpaired) electrons. The highest BCUT2D eigenvalue weighted by Gasteiger charge is 2.17. The summed E-state index contributed by atoms with van der Waals surface area (Å²) in [6.45, 7) is 6.35. The van der Waals surface area contributed by atoms with E-state index in [0.29, 0.717) is 0 Å². The molecule has 0 heterocycles. The first-order valence-corrected chi connectivity index (χ1v) is 8.16. The van der Waals surface area contributed by atoms with Crippen molar-refractivity contribution in [3.05, 3.63) is 0 Å². The van der Waals surface area contributed by atoms with Gasteiger partial charge in [-0.3, -0.25) is 0 Å². The molecule has 0 aliphatic heterocycles. The van der Waals surface area contributed by atoms with Gasteiger partial charge in [-0.25, -0.2) is 26.3 Å². The quantitative estimate of drug-likeness (QED) is 0.619. The van der Waals surface area contributed by atoms with E-state index in [1.165, 1.54) is 0 Å². The molecule has 0 saturated heterocycles. The fourth-order valence-corrected chi connectivity index (χ4v) is 2.16. The van der Waals surface area contributed by atoms with Crippen molar-refractivity contribution in [2.24, 2.45) is 0 Å². The van der Waals surface area contributed by atoms with Crippen LogP contribution in [0, 0.1) is 0 Å². The van der Waals surface area contributed by atoms with Crippen LogP contribution in [-0.4, -0.2) is 40.4 Å². The normalized spacial score (nSPS) is 13.6. The molecule has 6 nitrogen and oxygen atoms in total. The van der Waals surface area contributed by atoms with Gasteiger partial charge in [0.1, 0.15) is 0 Å². The standard InChI is InChI=1S/C8H20N2O4S2/c1-7(2)15(11,12)9-5-6-10-16(13,14)8(3)4/h7-10H,5-6H2,1-4H3. The summed E-state index contributed by atoms with van der Waals surface area (Å²) in [7, 11) is -6.64. The van der Waals surface area contributed by atoms with Crippen LogP contribution in [-0.2, 0) is 20.0 Å². The molecule has 0 bridgehead atoms. The van der Waals surface area contributed by atoms with Gasteiger partial charge in [0.25, 0.3) is 0 Å². The van der Waals surface area contributed by atoms with Crippen molar-refractivity contribution in [2.45, 2.75) is 38.2 Å². The fourth-order valence-electron chi connectivity index (χ4n) is 0.720. The van der Waals surface area contributed by atoms with E-state index in [1.807, 2.05) is 0 Å². The third kappa shape index (κ3) is 5.24. The minimum atomic E-state index is -3.32. The monoisotopic (exact) mass is 272 g/mol. The van der Waals surface area contributed by atoms with Gasteiger partial charge in [0.2, 0.25) is 20.0 Å². The molecule has 0 unspecified atom stereocenters. The zero-order chi connectivity index (χ0) is 13.0. The second-order valence-corrected chi connectivity index (χ2v) is 8.62. The Labute approximate surface area is 97.9 Å². The maximum atomic E-state index is 11.3. The average Bonchev–Trinajstić information content (AvgIpc) is 2.12. The second kappa shape index (κ2) is 5.95. The highest BCUT2D eigenvalue weighted by molar-refractivity contribution is 7.90. The lowest BCUT2D eigenvalue weighted by atomic mass is 10.6. The SMILES string of the molecule is CC(C)S(=O)(=O)NCCNS(=O)(=O)C(C)C. The highest BCUT2D eigenvalue weighted by atomic mass is 32.2. The summed E-state index contributed by atoms with van der Waals surface area (Å²) in [5.41, 5.74) is 0. The number of sulfonamides is 2. The smallest absolute Gasteiger partial charge is 0.213 e. The Morgan fingerprint density at radius 1 is 0.750 bits per heavy atom. The first kappa shape index (κ1) is 15.8. The summed E-state index contributed by atoms with van der Waals surface area (Å²) in [5.74, 6) is 0. The zero-order valence-electron chi connectivity index (χ0n) is 10.0. The molecule has 0 spiro atoms. The Balaban J connectivity index is 4.05. The minimum absolute atomic E-state index is 0.0620. The lowest BCUT2D eigenvalue weighted by molar-refractivity contribution is 0.561. The summed E-state index contributed by atoms with van der Waals surface area (Å²) >= 11 is 0. The summed E-state index contributed by atoms with van der Waals surface area (Å²) in [6, 6.07) is 0. The molecule has 0 fully saturated rings. The van der Waals surface area contributed by atoms with Crippen LogP contribution in [0.2, 0.25) is 0 Å². The summed E-state index contributed by atoms with van der Waals surface area (Å²) in [5, 5.41) is -1.04. The van der Waals surface area contributed by atoms with E-state index in [1.54, 1.807) is 27.7 Å². The predicted octanol–water partition coefficient (Wildman–Crippen LogP) is -0.358. The number of hydrogen-bond acceptors (Lipinski definition) is 4. The average molecular weight is 272 g/mol. The molecule has 2 N–H and O–H groups in total. The zero-order valence-corrected chi connectivity index (χ0v) is 11.7. The molecule has 0 aromatic carbocycles. The van der Waals surface area contributed by atoms with E-state index in [2.05, 4.69) is 9.44 Å². The summed E-state index contributed by atoms with van der Waals surface area (Å²) in [6.07, 6.45) is 0. The van der Waals surface area contributed by atoms with Gasteiger partial charge in [-0.2, -0.15) is 0 Å². The van der Waals surface area contributed by atoms with Gasteiger partial charge in [0.15, 0.2) is 0 Å². The van der Waals surface area contributed by atoms with E-state index >= 15 is 0 Å². The highest BCUT2D eigenvalue weighted by Crippen LogP contribution is 1.96. The van der Waals surface area contributed by atoms with Gasteiger partial charge >= 0.3 is 0 Å². The van der Waals surface area contributed by atoms with E-state index in [4.69, 9.17) is 0 Å². The Morgan fingerprint density at radius 2 is 1.00 bits per heavy atom. The topological polar surface area (TPSA) is 92.3 Å². The third-order valence-corrected chi connectivity index (χ3v) is 5.67. The van der Waals surface area contributed by atoms with Crippen LogP contribution in [0.1, 0.15) is 27.7 Å². The maximum Gasteiger partial charge on any atom is 0.213 e. The molecule has 0 atom stereocenters. The van der Waals surface area contributed by atoms with E-state index < -0.39 is 30.5 Å². The van der Waals surface area contributed by atoms with Crippen molar-refractivity contribution < 1.29 is 16.8 Å². The Kier molecular flexibility index (Phi) is 5.88. The van der Waals surface area contributed by atoms with Crippen LogP contribution < -0.4 is 9.44 Å². The van der Waals surface area contributed by atoms with E-state index in [-0.39, 0.29) is 13.1 Å². The first-order valence-electron chi connectivity index (χ1n) is 5.06. The van der Waals surface area contributed by atoms with Gasteiger partial charge in [0.05, 0.1) is 10.5 Å². The second-order valence-electron chi connectivity index (χ2n) is 3.98. The summed E-state index contributed by atoms with van der Waals surface area (Å²) in [4.78, 5) is 0. The van der Waals surface area contributed by atoms with Crippen LogP contribution >= 0.6 is 0 Å². The molecule has 0 aliphatic carbocycles. The Hall–Kier alpha value is -0.180. The Morgan fingerprint density at radius 3 is 1.19 bits per heavy atom. The fraction of sp³-hybridized carbons (Fsp3) is 1.00. The lowest BCUT2D eigenvalue weighted by Crippen LogP contribution is -2.39. The van der Waals surface area contributed by atoms with Gasteiger partial charge in [-0.05, 0) is 27.7 Å². The van der Waals surface area contributed by atoms with Crippen LogP contribution in [0.5, 0.6) is 0 Å². The van der Waals surface area contributed by atoms with Gasteiger partial charge in [0, 0.05) is 13.1 Å². The van der Waals surface area contributed by atoms with E-state index in [9.17, 15) is 16.8 Å². The van der Waals surface area contributed by atoms with Crippen molar-refractivity contribution in [2.75, 3.05) is 13.1 Å². The van der Waals surface area contributed by atoms with Gasteiger partial charge in [-0.15, -0.1) is 0 Å². The number of hydrogen-bond donors (Lipinski definition) is 2. The molecular weight excluding hydrogens is 252 g/mol. The van der Waals surface area contributed by atoms with Crippen LogP contribution in [0.4, 0.5) is 0 Å². The van der Waals surface area contributed by atoms with Crippen LogP contribution in [0.25, 0.3) is 0 Å². The van der Waals surface area contributed by atoms with Crippen molar-refractivity contribution in [1.29, 1.82) is 0 Å². The van der Waals surface area contributed by atoms with Crippen molar-refractivity contribution in [3.63, 3.8) is 0 Å². The van der Waals surface area contributed by atoms with Crippen LogP contribution in [0.3, 0.4) is 0 Å². The van der Waals surface area contributed by atoms with Crippen molar-refractivity contribution >= 4 is 20.0 Å². The Bertz CT molecular complexity index is 358.